The van der Waals surface area contributed by atoms with Gasteiger partial charge in [-0.3, -0.25) is 4.79 Å². The van der Waals surface area contributed by atoms with Crippen LogP contribution in [0.1, 0.15) is 31.0 Å². The highest BCUT2D eigenvalue weighted by Crippen LogP contribution is 2.24. The van der Waals surface area contributed by atoms with Crippen LogP contribution in [0.4, 0.5) is 10.2 Å². The van der Waals surface area contributed by atoms with E-state index in [1.54, 1.807) is 7.11 Å². The number of carbonyl (C=O) groups excluding carboxylic acids is 1. The molecule has 2 heterocycles. The van der Waals surface area contributed by atoms with Gasteiger partial charge in [0.15, 0.2) is 11.6 Å². The van der Waals surface area contributed by atoms with Crippen molar-refractivity contribution in [3.05, 3.63) is 47.7 Å². The standard InChI is InChI=1S/C21H27FN4O2/c1-3-18-20(22)21(25-14-24-18)26-10-4-5-16(13-26)12-23-19(27)11-15-6-8-17(28-2)9-7-15/h6-9,14,16H,3-5,10-13H2,1-2H3,(H,23,27). The van der Waals surface area contributed by atoms with Crippen LogP contribution in [0.5, 0.6) is 5.75 Å². The third-order valence-corrected chi connectivity index (χ3v) is 5.11. The number of piperidine rings is 1. The van der Waals surface area contributed by atoms with Crippen molar-refractivity contribution < 1.29 is 13.9 Å². The van der Waals surface area contributed by atoms with Crippen LogP contribution in [0.3, 0.4) is 0 Å². The Kier molecular flexibility index (Phi) is 6.79. The van der Waals surface area contributed by atoms with Crippen LogP contribution in [0.25, 0.3) is 0 Å². The predicted octanol–water partition coefficient (Wildman–Crippen LogP) is 2.76. The minimum Gasteiger partial charge on any atom is -0.497 e. The van der Waals surface area contributed by atoms with Gasteiger partial charge in [0.25, 0.3) is 0 Å². The molecular weight excluding hydrogens is 359 g/mol. The van der Waals surface area contributed by atoms with E-state index in [9.17, 15) is 9.18 Å². The molecule has 28 heavy (non-hydrogen) atoms. The highest BCUT2D eigenvalue weighted by molar-refractivity contribution is 5.78. The summed E-state index contributed by atoms with van der Waals surface area (Å²) >= 11 is 0. The summed E-state index contributed by atoms with van der Waals surface area (Å²) in [6.07, 6.45) is 4.26. The van der Waals surface area contributed by atoms with Crippen molar-refractivity contribution in [2.75, 3.05) is 31.6 Å². The van der Waals surface area contributed by atoms with E-state index < -0.39 is 0 Å². The molecule has 1 aliphatic rings. The summed E-state index contributed by atoms with van der Waals surface area (Å²) < 4.78 is 19.7. The molecule has 1 amide bonds. The lowest BCUT2D eigenvalue weighted by Gasteiger charge is -2.33. The maximum atomic E-state index is 14.5. The first-order valence-electron chi connectivity index (χ1n) is 9.74. The molecular formula is C21H27FN4O2. The van der Waals surface area contributed by atoms with E-state index in [2.05, 4.69) is 15.3 Å². The molecule has 6 nitrogen and oxygen atoms in total. The SMILES string of the molecule is CCc1ncnc(N2CCCC(CNC(=O)Cc3ccc(OC)cc3)C2)c1F. The highest BCUT2D eigenvalue weighted by Gasteiger charge is 2.24. The molecule has 2 aromatic rings. The topological polar surface area (TPSA) is 67.4 Å². The normalized spacial score (nSPS) is 16.7. The largest absolute Gasteiger partial charge is 0.497 e. The fourth-order valence-corrected chi connectivity index (χ4v) is 3.54. The van der Waals surface area contributed by atoms with Crippen LogP contribution >= 0.6 is 0 Å². The molecule has 150 valence electrons. The van der Waals surface area contributed by atoms with Gasteiger partial charge >= 0.3 is 0 Å². The number of ether oxygens (including phenoxy) is 1. The highest BCUT2D eigenvalue weighted by atomic mass is 19.1. The van der Waals surface area contributed by atoms with Gasteiger partial charge in [-0.15, -0.1) is 0 Å². The number of nitrogens with zero attached hydrogens (tertiary/aromatic N) is 3. The monoisotopic (exact) mass is 386 g/mol. The Hall–Kier alpha value is -2.70. The van der Waals surface area contributed by atoms with E-state index in [0.717, 1.165) is 30.7 Å². The van der Waals surface area contributed by atoms with Crippen LogP contribution in [-0.2, 0) is 17.6 Å². The van der Waals surface area contributed by atoms with Crippen molar-refractivity contribution >= 4 is 11.7 Å². The number of aromatic nitrogens is 2. The molecule has 0 radical (unpaired) electrons. The van der Waals surface area contributed by atoms with Crippen LogP contribution in [0, 0.1) is 11.7 Å². The van der Waals surface area contributed by atoms with E-state index in [0.29, 0.717) is 37.4 Å². The number of amides is 1. The van der Waals surface area contributed by atoms with Gasteiger partial charge in [0.2, 0.25) is 5.91 Å². The number of hydrogen-bond acceptors (Lipinski definition) is 5. The Morgan fingerprint density at radius 3 is 2.82 bits per heavy atom. The Bertz CT molecular complexity index is 797. The minimum absolute atomic E-state index is 0.0104. The average molecular weight is 386 g/mol. The van der Waals surface area contributed by atoms with Crippen LogP contribution in [0.15, 0.2) is 30.6 Å². The third-order valence-electron chi connectivity index (χ3n) is 5.11. The summed E-state index contributed by atoms with van der Waals surface area (Å²) in [7, 11) is 1.62. The molecule has 3 rings (SSSR count). The molecule has 0 aliphatic carbocycles. The predicted molar refractivity (Wildman–Crippen MR) is 106 cm³/mol. The Morgan fingerprint density at radius 1 is 1.32 bits per heavy atom. The van der Waals surface area contributed by atoms with E-state index >= 15 is 0 Å². The first kappa shape index (κ1) is 20.0. The Balaban J connectivity index is 1.52. The zero-order valence-corrected chi connectivity index (χ0v) is 16.4. The van der Waals surface area contributed by atoms with Crippen LogP contribution < -0.4 is 15.0 Å². The number of anilines is 1. The number of hydrogen-bond donors (Lipinski definition) is 1. The fraction of sp³-hybridized carbons (Fsp3) is 0.476. The number of halogens is 1. The maximum Gasteiger partial charge on any atom is 0.224 e. The number of nitrogens with one attached hydrogen (secondary N) is 1. The van der Waals surface area contributed by atoms with Gasteiger partial charge in [-0.1, -0.05) is 19.1 Å². The zero-order valence-electron chi connectivity index (χ0n) is 16.4. The summed E-state index contributed by atoms with van der Waals surface area (Å²) in [5.41, 5.74) is 1.39. The first-order valence-corrected chi connectivity index (χ1v) is 9.74. The second-order valence-electron chi connectivity index (χ2n) is 7.09. The molecule has 1 saturated heterocycles. The fourth-order valence-electron chi connectivity index (χ4n) is 3.54. The van der Waals surface area contributed by atoms with E-state index in [1.165, 1.54) is 6.33 Å². The van der Waals surface area contributed by atoms with Crippen molar-refractivity contribution in [1.29, 1.82) is 0 Å². The third kappa shape index (κ3) is 4.97. The lowest BCUT2D eigenvalue weighted by atomic mass is 9.97. The lowest BCUT2D eigenvalue weighted by molar-refractivity contribution is -0.120. The summed E-state index contributed by atoms with van der Waals surface area (Å²) in [4.78, 5) is 22.4. The molecule has 1 aliphatic heterocycles. The molecule has 1 atom stereocenters. The Morgan fingerprint density at radius 2 is 2.11 bits per heavy atom. The van der Waals surface area contributed by atoms with E-state index in [1.807, 2.05) is 36.1 Å². The van der Waals surface area contributed by atoms with Gasteiger partial charge in [-0.05, 0) is 42.9 Å². The summed E-state index contributed by atoms with van der Waals surface area (Å²) in [5, 5.41) is 3.02. The van der Waals surface area contributed by atoms with Crippen molar-refractivity contribution in [3.8, 4) is 5.75 Å². The quantitative estimate of drug-likeness (QED) is 0.793. The first-order chi connectivity index (χ1) is 13.6. The number of benzene rings is 1. The smallest absolute Gasteiger partial charge is 0.224 e. The maximum absolute atomic E-state index is 14.5. The lowest BCUT2D eigenvalue weighted by Crippen LogP contribution is -2.42. The second-order valence-corrected chi connectivity index (χ2v) is 7.09. The van der Waals surface area contributed by atoms with Gasteiger partial charge in [-0.2, -0.15) is 0 Å². The second kappa shape index (κ2) is 9.48. The minimum atomic E-state index is -0.325. The number of carbonyl (C=O) groups is 1. The van der Waals surface area contributed by atoms with Crippen LogP contribution in [-0.4, -0.2) is 42.6 Å². The molecule has 1 unspecified atom stereocenters. The van der Waals surface area contributed by atoms with Gasteiger partial charge in [0.05, 0.1) is 19.2 Å². The molecule has 7 heteroatoms. The van der Waals surface area contributed by atoms with Crippen molar-refractivity contribution in [2.45, 2.75) is 32.6 Å². The van der Waals surface area contributed by atoms with Crippen molar-refractivity contribution in [2.24, 2.45) is 5.92 Å². The van der Waals surface area contributed by atoms with Gasteiger partial charge in [-0.25, -0.2) is 14.4 Å². The van der Waals surface area contributed by atoms with E-state index in [4.69, 9.17) is 4.74 Å². The zero-order chi connectivity index (χ0) is 19.9. The molecule has 1 N–H and O–H groups in total. The number of rotatable bonds is 7. The van der Waals surface area contributed by atoms with Gasteiger partial charge in [0, 0.05) is 19.6 Å². The van der Waals surface area contributed by atoms with Gasteiger partial charge in [0.1, 0.15) is 12.1 Å². The van der Waals surface area contributed by atoms with E-state index in [-0.39, 0.29) is 17.6 Å². The molecule has 1 aromatic heterocycles. The van der Waals surface area contributed by atoms with Crippen LogP contribution in [0.2, 0.25) is 0 Å². The summed E-state index contributed by atoms with van der Waals surface area (Å²) in [5.74, 6) is 1.08. The molecule has 0 bridgehead atoms. The number of methoxy groups -OCH3 is 1. The molecule has 1 aromatic carbocycles. The molecule has 1 fully saturated rings. The Labute approximate surface area is 165 Å². The van der Waals surface area contributed by atoms with Crippen molar-refractivity contribution in [3.63, 3.8) is 0 Å². The molecule has 0 saturated carbocycles. The van der Waals surface area contributed by atoms with Crippen molar-refractivity contribution in [1.82, 2.24) is 15.3 Å². The molecule has 0 spiro atoms. The van der Waals surface area contributed by atoms with Gasteiger partial charge < -0.3 is 15.0 Å². The average Bonchev–Trinajstić information content (AvgIpc) is 2.73. The summed E-state index contributed by atoms with van der Waals surface area (Å²) in [6, 6.07) is 7.48. The summed E-state index contributed by atoms with van der Waals surface area (Å²) in [6.45, 7) is 3.92. The number of aryl methyl sites for hydroxylation is 1.